The molecule has 1 amide bonds. The van der Waals surface area contributed by atoms with Gasteiger partial charge in [-0.25, -0.2) is 8.42 Å². The summed E-state index contributed by atoms with van der Waals surface area (Å²) in [4.78, 5) is 12.7. The third-order valence-electron chi connectivity index (χ3n) is 4.80. The van der Waals surface area contributed by atoms with Gasteiger partial charge >= 0.3 is 0 Å². The molecule has 3 aromatic rings. The van der Waals surface area contributed by atoms with Crippen molar-refractivity contribution >= 4 is 38.9 Å². The maximum Gasteiger partial charge on any atom is 0.255 e. The fourth-order valence-corrected chi connectivity index (χ4v) is 4.14. The number of rotatable bonds is 7. The number of benzene rings is 3. The Balaban J connectivity index is 1.84. The van der Waals surface area contributed by atoms with Crippen LogP contribution in [0.3, 0.4) is 0 Å². The fraction of sp³-hybridized carbons (Fsp3) is 0.174. The summed E-state index contributed by atoms with van der Waals surface area (Å²) < 4.78 is 31.4. The van der Waals surface area contributed by atoms with E-state index in [9.17, 15) is 13.2 Å². The summed E-state index contributed by atoms with van der Waals surface area (Å²) >= 11 is 6.01. The van der Waals surface area contributed by atoms with Crippen LogP contribution in [-0.2, 0) is 16.6 Å². The van der Waals surface area contributed by atoms with E-state index in [0.717, 1.165) is 17.4 Å². The molecule has 0 aromatic heterocycles. The summed E-state index contributed by atoms with van der Waals surface area (Å²) in [5.74, 6) is 0.118. The minimum atomic E-state index is -3.53. The van der Waals surface area contributed by atoms with Gasteiger partial charge in [0.25, 0.3) is 5.91 Å². The van der Waals surface area contributed by atoms with Crippen molar-refractivity contribution in [3.8, 4) is 5.75 Å². The third kappa shape index (κ3) is 5.57. The summed E-state index contributed by atoms with van der Waals surface area (Å²) in [6.45, 7) is 2.14. The number of nitrogens with zero attached hydrogens (tertiary/aromatic N) is 1. The van der Waals surface area contributed by atoms with Gasteiger partial charge in [0.15, 0.2) is 0 Å². The Kier molecular flexibility index (Phi) is 6.87. The number of ether oxygens (including phenoxy) is 1. The second-order valence-corrected chi connectivity index (χ2v) is 9.38. The number of nitrogens with one attached hydrogen (secondary N) is 1. The van der Waals surface area contributed by atoms with Crippen molar-refractivity contribution in [3.63, 3.8) is 0 Å². The van der Waals surface area contributed by atoms with Crippen molar-refractivity contribution in [3.05, 3.63) is 88.4 Å². The van der Waals surface area contributed by atoms with Crippen molar-refractivity contribution in [2.24, 2.45) is 0 Å². The van der Waals surface area contributed by atoms with Gasteiger partial charge in [0, 0.05) is 10.6 Å². The first kappa shape index (κ1) is 22.7. The molecule has 8 heteroatoms. The highest BCUT2D eigenvalue weighted by Crippen LogP contribution is 2.28. The van der Waals surface area contributed by atoms with E-state index in [1.54, 1.807) is 42.5 Å². The summed E-state index contributed by atoms with van der Waals surface area (Å²) in [6.07, 6.45) is 1.16. The Morgan fingerprint density at radius 1 is 1.06 bits per heavy atom. The predicted octanol–water partition coefficient (Wildman–Crippen LogP) is 4.88. The molecule has 3 aromatic carbocycles. The molecule has 0 radical (unpaired) electrons. The molecule has 0 saturated heterocycles. The van der Waals surface area contributed by atoms with Crippen LogP contribution in [0.4, 0.5) is 11.4 Å². The molecule has 0 aliphatic rings. The lowest BCUT2D eigenvalue weighted by Crippen LogP contribution is -2.29. The summed E-state index contributed by atoms with van der Waals surface area (Å²) in [5.41, 5.74) is 3.20. The van der Waals surface area contributed by atoms with Crippen LogP contribution >= 0.6 is 11.6 Å². The van der Waals surface area contributed by atoms with E-state index in [0.29, 0.717) is 27.7 Å². The normalized spacial score (nSPS) is 11.1. The van der Waals surface area contributed by atoms with Gasteiger partial charge in [-0.15, -0.1) is 0 Å². The Hall–Kier alpha value is -3.03. The van der Waals surface area contributed by atoms with Crippen molar-refractivity contribution in [1.29, 1.82) is 0 Å². The lowest BCUT2D eigenvalue weighted by atomic mass is 10.1. The molecular weight excluding hydrogens is 436 g/mol. The number of hydrogen-bond acceptors (Lipinski definition) is 4. The molecule has 0 aliphatic heterocycles. The van der Waals surface area contributed by atoms with Crippen molar-refractivity contribution in [1.82, 2.24) is 0 Å². The van der Waals surface area contributed by atoms with Crippen molar-refractivity contribution in [2.45, 2.75) is 13.5 Å². The molecule has 3 rings (SSSR count). The van der Waals surface area contributed by atoms with Crippen LogP contribution in [0.1, 0.15) is 21.5 Å². The van der Waals surface area contributed by atoms with Crippen LogP contribution in [0.2, 0.25) is 5.02 Å². The smallest absolute Gasteiger partial charge is 0.255 e. The Morgan fingerprint density at radius 2 is 1.74 bits per heavy atom. The first-order valence-electron chi connectivity index (χ1n) is 9.46. The van der Waals surface area contributed by atoms with Crippen molar-refractivity contribution in [2.75, 3.05) is 23.0 Å². The minimum Gasteiger partial charge on any atom is -0.495 e. The van der Waals surface area contributed by atoms with Gasteiger partial charge in [0.1, 0.15) is 5.75 Å². The van der Waals surface area contributed by atoms with E-state index in [-0.39, 0.29) is 12.5 Å². The summed E-state index contributed by atoms with van der Waals surface area (Å²) in [6, 6.07) is 18.9. The van der Waals surface area contributed by atoms with E-state index in [4.69, 9.17) is 16.3 Å². The van der Waals surface area contributed by atoms with Crippen LogP contribution in [-0.4, -0.2) is 27.7 Å². The molecule has 162 valence electrons. The zero-order valence-corrected chi connectivity index (χ0v) is 19.0. The van der Waals surface area contributed by atoms with Crippen LogP contribution in [0.5, 0.6) is 5.75 Å². The number of carbonyl (C=O) groups is 1. The Morgan fingerprint density at radius 3 is 2.35 bits per heavy atom. The quantitative estimate of drug-likeness (QED) is 0.547. The van der Waals surface area contributed by atoms with Gasteiger partial charge in [-0.3, -0.25) is 9.10 Å². The zero-order valence-electron chi connectivity index (χ0n) is 17.4. The molecule has 0 unspecified atom stereocenters. The highest BCUT2D eigenvalue weighted by atomic mass is 35.5. The topological polar surface area (TPSA) is 75.7 Å². The molecule has 6 nitrogen and oxygen atoms in total. The largest absolute Gasteiger partial charge is 0.495 e. The van der Waals surface area contributed by atoms with E-state index in [1.165, 1.54) is 11.4 Å². The molecule has 1 N–H and O–H groups in total. The average Bonchev–Trinajstić information content (AvgIpc) is 2.72. The molecule has 0 saturated carbocycles. The van der Waals surface area contributed by atoms with Crippen LogP contribution in [0.15, 0.2) is 66.7 Å². The maximum absolute atomic E-state index is 12.7. The second kappa shape index (κ2) is 9.41. The Bertz CT molecular complexity index is 1190. The molecule has 0 fully saturated rings. The predicted molar refractivity (Wildman–Crippen MR) is 125 cm³/mol. The SMILES string of the molecule is COc1ccc(Cl)cc1NC(=O)c1ccc(N(Cc2ccccc2C)S(C)(=O)=O)cc1. The number of carbonyl (C=O) groups excluding carboxylic acids is 1. The highest BCUT2D eigenvalue weighted by molar-refractivity contribution is 7.92. The molecular formula is C23H23ClN2O4S. The van der Waals surface area contributed by atoms with Crippen molar-refractivity contribution < 1.29 is 17.9 Å². The van der Waals surface area contributed by atoms with Crippen LogP contribution in [0, 0.1) is 6.92 Å². The number of amides is 1. The third-order valence-corrected chi connectivity index (χ3v) is 6.18. The first-order valence-corrected chi connectivity index (χ1v) is 11.7. The van der Waals surface area contributed by atoms with Crippen LogP contribution in [0.25, 0.3) is 0 Å². The van der Waals surface area contributed by atoms with Crippen LogP contribution < -0.4 is 14.4 Å². The summed E-state index contributed by atoms with van der Waals surface area (Å²) in [5, 5.41) is 3.23. The number of hydrogen-bond donors (Lipinski definition) is 1. The zero-order chi connectivity index (χ0) is 22.6. The maximum atomic E-state index is 12.7. The van der Waals surface area contributed by atoms with Gasteiger partial charge < -0.3 is 10.1 Å². The van der Waals surface area contributed by atoms with E-state index < -0.39 is 10.0 Å². The number of halogens is 1. The van der Waals surface area contributed by atoms with Gasteiger partial charge in [-0.05, 0) is 60.5 Å². The molecule has 0 heterocycles. The van der Waals surface area contributed by atoms with Gasteiger partial charge in [0.05, 0.1) is 31.3 Å². The number of sulfonamides is 1. The first-order chi connectivity index (χ1) is 14.7. The average molecular weight is 459 g/mol. The van der Waals surface area contributed by atoms with E-state index in [2.05, 4.69) is 5.32 Å². The van der Waals surface area contributed by atoms with Gasteiger partial charge in [-0.1, -0.05) is 35.9 Å². The van der Waals surface area contributed by atoms with Gasteiger partial charge in [0.2, 0.25) is 10.0 Å². The lowest BCUT2D eigenvalue weighted by Gasteiger charge is -2.23. The molecule has 0 atom stereocenters. The molecule has 0 bridgehead atoms. The Labute approximate surface area is 187 Å². The molecule has 0 spiro atoms. The standard InChI is InChI=1S/C23H23ClN2O4S/c1-16-6-4-5-7-18(16)15-26(31(3,28)29)20-11-8-17(9-12-20)23(27)25-21-14-19(24)10-13-22(21)30-2/h4-14H,15H2,1-3H3,(H,25,27). The number of methoxy groups -OCH3 is 1. The number of aryl methyl sites for hydroxylation is 1. The van der Waals surface area contributed by atoms with Gasteiger partial charge in [-0.2, -0.15) is 0 Å². The monoisotopic (exact) mass is 458 g/mol. The second-order valence-electron chi connectivity index (χ2n) is 7.04. The number of anilines is 2. The lowest BCUT2D eigenvalue weighted by molar-refractivity contribution is 0.102. The minimum absolute atomic E-state index is 0.205. The molecule has 31 heavy (non-hydrogen) atoms. The fourth-order valence-electron chi connectivity index (χ4n) is 3.09. The highest BCUT2D eigenvalue weighted by Gasteiger charge is 2.19. The molecule has 0 aliphatic carbocycles. The summed E-state index contributed by atoms with van der Waals surface area (Å²) in [7, 11) is -2.02. The van der Waals surface area contributed by atoms with E-state index in [1.807, 2.05) is 31.2 Å². The van der Waals surface area contributed by atoms with E-state index >= 15 is 0 Å².